The molecular weight excluding hydrogens is 733 g/mol. The summed E-state index contributed by atoms with van der Waals surface area (Å²) in [5.41, 5.74) is 14.3. The number of benzene rings is 9. The minimum absolute atomic E-state index is 0.0179. The van der Waals surface area contributed by atoms with Crippen LogP contribution in [0.5, 0.6) is 5.75 Å². The smallest absolute Gasteiger partial charge is 0.159 e. The van der Waals surface area contributed by atoms with Gasteiger partial charge >= 0.3 is 0 Å². The number of allylic oxidation sites excluding steroid dienone is 2. The zero-order chi connectivity index (χ0) is 40.2. The lowest BCUT2D eigenvalue weighted by molar-refractivity contribution is 0.269. The van der Waals surface area contributed by atoms with Crippen molar-refractivity contribution in [3.63, 3.8) is 0 Å². The molecule has 0 amide bonds. The summed E-state index contributed by atoms with van der Waals surface area (Å²) in [4.78, 5) is 4.86. The van der Waals surface area contributed by atoms with Gasteiger partial charge in [-0.15, -0.1) is 0 Å². The first-order valence-electron chi connectivity index (χ1n) is 20.9. The van der Waals surface area contributed by atoms with E-state index in [4.69, 9.17) is 9.15 Å². The van der Waals surface area contributed by atoms with Gasteiger partial charge in [0.25, 0.3) is 0 Å². The monoisotopic (exact) mass is 774 g/mol. The molecular formula is C56H42N2O2. The van der Waals surface area contributed by atoms with E-state index in [9.17, 15) is 0 Å². The number of furan rings is 1. The van der Waals surface area contributed by atoms with Gasteiger partial charge in [0.15, 0.2) is 5.58 Å². The number of aryl methyl sites for hydroxylation is 4. The second-order valence-corrected chi connectivity index (χ2v) is 16.7. The van der Waals surface area contributed by atoms with Crippen molar-refractivity contribution in [1.82, 2.24) is 0 Å². The van der Waals surface area contributed by atoms with Crippen molar-refractivity contribution in [2.24, 2.45) is 0 Å². The molecule has 1 aliphatic carbocycles. The Morgan fingerprint density at radius 2 is 1.02 bits per heavy atom. The molecule has 2 heterocycles. The van der Waals surface area contributed by atoms with Gasteiger partial charge in [-0.2, -0.15) is 0 Å². The SMILES string of the molecule is Cc1ccc(N(c2c(C)ccc3c2OC2C=CC=CC32)c2ccc3ccc4c(N(c5ccc(C)cc5)c5c(C)ccc6c5oc5ccccc56)ccc5ccc2c3c54)cc1. The molecule has 0 radical (unpaired) electrons. The second-order valence-electron chi connectivity index (χ2n) is 16.7. The Kier molecular flexibility index (Phi) is 7.58. The highest BCUT2D eigenvalue weighted by molar-refractivity contribution is 6.28. The minimum Gasteiger partial charge on any atom is -0.483 e. The van der Waals surface area contributed by atoms with Gasteiger partial charge in [-0.1, -0.05) is 132 Å². The molecule has 4 heteroatoms. The van der Waals surface area contributed by atoms with Gasteiger partial charge < -0.3 is 19.0 Å². The van der Waals surface area contributed by atoms with Crippen LogP contribution in [0.4, 0.5) is 34.1 Å². The Morgan fingerprint density at radius 3 is 1.68 bits per heavy atom. The predicted molar refractivity (Wildman–Crippen MR) is 251 cm³/mol. The van der Waals surface area contributed by atoms with Crippen molar-refractivity contribution in [2.45, 2.75) is 39.7 Å². The van der Waals surface area contributed by atoms with Crippen LogP contribution in [0.1, 0.15) is 33.7 Å². The van der Waals surface area contributed by atoms with Crippen LogP contribution < -0.4 is 14.5 Å². The molecule has 288 valence electrons. The van der Waals surface area contributed by atoms with Gasteiger partial charge in [-0.25, -0.2) is 0 Å². The molecule has 4 nitrogen and oxygen atoms in total. The number of hydrogen-bond donors (Lipinski definition) is 0. The fourth-order valence-electron chi connectivity index (χ4n) is 9.94. The van der Waals surface area contributed by atoms with E-state index in [2.05, 4.69) is 201 Å². The molecule has 12 rings (SSSR count). The average molecular weight is 775 g/mol. The van der Waals surface area contributed by atoms with Gasteiger partial charge in [0.2, 0.25) is 0 Å². The van der Waals surface area contributed by atoms with E-state index in [-0.39, 0.29) is 12.0 Å². The van der Waals surface area contributed by atoms with Gasteiger partial charge in [0.05, 0.1) is 22.7 Å². The lowest BCUT2D eigenvalue weighted by Crippen LogP contribution is -2.16. The van der Waals surface area contributed by atoms with Gasteiger partial charge in [-0.05, 0) is 109 Å². The Labute approximate surface area is 349 Å². The van der Waals surface area contributed by atoms with E-state index in [0.29, 0.717) is 0 Å². The molecule has 2 atom stereocenters. The highest BCUT2D eigenvalue weighted by Crippen LogP contribution is 2.54. The summed E-state index contributed by atoms with van der Waals surface area (Å²) in [6.07, 6.45) is 8.69. The molecule has 0 fully saturated rings. The van der Waals surface area contributed by atoms with Crippen LogP contribution in [-0.2, 0) is 0 Å². The largest absolute Gasteiger partial charge is 0.483 e. The first kappa shape index (κ1) is 34.7. The molecule has 0 bridgehead atoms. The third-order valence-corrected chi connectivity index (χ3v) is 12.9. The number of rotatable bonds is 6. The van der Waals surface area contributed by atoms with Crippen molar-refractivity contribution in [3.05, 3.63) is 198 Å². The number of para-hydroxylation sites is 1. The van der Waals surface area contributed by atoms with Crippen LogP contribution in [0.25, 0.3) is 54.3 Å². The van der Waals surface area contributed by atoms with Crippen molar-refractivity contribution < 1.29 is 9.15 Å². The fourth-order valence-corrected chi connectivity index (χ4v) is 9.94. The summed E-state index contributed by atoms with van der Waals surface area (Å²) in [6, 6.07) is 53.5. The summed E-state index contributed by atoms with van der Waals surface area (Å²) in [7, 11) is 0. The summed E-state index contributed by atoms with van der Waals surface area (Å²) in [5.74, 6) is 1.15. The highest BCUT2D eigenvalue weighted by atomic mass is 16.5. The zero-order valence-corrected chi connectivity index (χ0v) is 34.0. The Hall–Kier alpha value is -7.30. The topological polar surface area (TPSA) is 28.9 Å². The number of hydrogen-bond acceptors (Lipinski definition) is 4. The Balaban J connectivity index is 1.13. The highest BCUT2D eigenvalue weighted by Gasteiger charge is 2.36. The van der Waals surface area contributed by atoms with Gasteiger partial charge in [0, 0.05) is 44.4 Å². The average Bonchev–Trinajstić information content (AvgIpc) is 3.85. The van der Waals surface area contributed by atoms with E-state index in [0.717, 1.165) is 72.9 Å². The lowest BCUT2D eigenvalue weighted by Gasteiger charge is -2.31. The van der Waals surface area contributed by atoms with E-state index < -0.39 is 0 Å². The molecule has 10 aromatic rings. The summed E-state index contributed by atoms with van der Waals surface area (Å²) in [6.45, 7) is 8.69. The first-order valence-corrected chi connectivity index (χ1v) is 20.9. The number of ether oxygens (including phenoxy) is 1. The fraction of sp³-hybridized carbons (Fsp3) is 0.107. The molecule has 1 aromatic heterocycles. The Morgan fingerprint density at radius 1 is 0.467 bits per heavy atom. The maximum atomic E-state index is 6.90. The quantitative estimate of drug-likeness (QED) is 0.157. The third kappa shape index (κ3) is 5.10. The maximum absolute atomic E-state index is 6.90. The van der Waals surface area contributed by atoms with Crippen LogP contribution in [-0.4, -0.2) is 6.10 Å². The van der Waals surface area contributed by atoms with E-state index >= 15 is 0 Å². The van der Waals surface area contributed by atoms with Crippen molar-refractivity contribution in [2.75, 3.05) is 9.80 Å². The van der Waals surface area contributed by atoms with Gasteiger partial charge in [0.1, 0.15) is 17.4 Å². The Bertz CT molecular complexity index is 3410. The van der Waals surface area contributed by atoms with Crippen LogP contribution in [0, 0.1) is 27.7 Å². The molecule has 60 heavy (non-hydrogen) atoms. The van der Waals surface area contributed by atoms with Crippen LogP contribution in [0.15, 0.2) is 174 Å². The number of anilines is 6. The van der Waals surface area contributed by atoms with E-state index in [1.165, 1.54) is 49.0 Å². The third-order valence-electron chi connectivity index (χ3n) is 12.9. The van der Waals surface area contributed by atoms with Crippen molar-refractivity contribution in [3.8, 4) is 5.75 Å². The van der Waals surface area contributed by atoms with Gasteiger partial charge in [-0.3, -0.25) is 0 Å². The normalized spacial score (nSPS) is 15.7. The molecule has 9 aromatic carbocycles. The van der Waals surface area contributed by atoms with Crippen LogP contribution >= 0.6 is 0 Å². The maximum Gasteiger partial charge on any atom is 0.159 e. The molecule has 0 spiro atoms. The molecule has 0 saturated carbocycles. The first-order chi connectivity index (χ1) is 29.4. The van der Waals surface area contributed by atoms with Crippen molar-refractivity contribution in [1.29, 1.82) is 0 Å². The molecule has 0 saturated heterocycles. The zero-order valence-electron chi connectivity index (χ0n) is 34.0. The summed E-state index contributed by atoms with van der Waals surface area (Å²) < 4.78 is 13.7. The second kappa shape index (κ2) is 13.1. The minimum atomic E-state index is -0.0179. The number of nitrogens with zero attached hydrogens (tertiary/aromatic N) is 2. The summed E-state index contributed by atoms with van der Waals surface area (Å²) >= 11 is 0. The van der Waals surface area contributed by atoms with E-state index in [1.54, 1.807) is 0 Å². The van der Waals surface area contributed by atoms with E-state index in [1.807, 2.05) is 6.07 Å². The predicted octanol–water partition coefficient (Wildman–Crippen LogP) is 15.6. The summed E-state index contributed by atoms with van der Waals surface area (Å²) in [5, 5.41) is 9.50. The van der Waals surface area contributed by atoms with Crippen LogP contribution in [0.3, 0.4) is 0 Å². The lowest BCUT2D eigenvalue weighted by atomic mass is 9.90. The van der Waals surface area contributed by atoms with Crippen LogP contribution in [0.2, 0.25) is 0 Å². The molecule has 2 unspecified atom stereocenters. The number of fused-ring (bicyclic) bond motifs is 6. The molecule has 1 aliphatic heterocycles. The molecule has 0 N–H and O–H groups in total. The standard InChI is InChI=1S/C56H42N2O2/c1-33-13-23-39(24-14-33)57(53-35(3)17-27-43-41-9-5-7-11-49(41)59-55(43)53)47-31-21-37-20-30-46-48(32-22-38-19-29-45(47)51(37)52(38)46)58(40-25-15-34(2)16-26-40)54-36(4)18-28-44-42-10-6-8-12-50(42)60-56(44)54/h5-32,41,49H,1-4H3. The molecule has 2 aliphatic rings. The van der Waals surface area contributed by atoms with Crippen molar-refractivity contribution >= 4 is 88.4 Å².